The molecule has 9 atom stereocenters. The third kappa shape index (κ3) is 13.7. The number of hydrogen-bond acceptors (Lipinski definition) is 16. The first kappa shape index (κ1) is 57.9. The first-order valence-corrected chi connectivity index (χ1v) is 29.3. The molecule has 7 rings (SSSR count). The molecule has 2 fully saturated rings. The van der Waals surface area contributed by atoms with E-state index in [4.69, 9.17) is 58.2 Å². The van der Waals surface area contributed by atoms with Gasteiger partial charge in [-0.25, -0.2) is 18.7 Å². The van der Waals surface area contributed by atoms with Gasteiger partial charge in [-0.1, -0.05) is 99.6 Å². The van der Waals surface area contributed by atoms with Crippen LogP contribution < -0.4 is 22.5 Å². The number of nitrogens with zero attached hydrogens (tertiary/aromatic N) is 4. The summed E-state index contributed by atoms with van der Waals surface area (Å²) in [5, 5.41) is 10.4. The van der Waals surface area contributed by atoms with E-state index in [0.29, 0.717) is 0 Å². The topological polar surface area (TPSA) is 201 Å². The Morgan fingerprint density at radius 3 is 1.61 bits per heavy atom. The molecule has 5 aromatic rings. The van der Waals surface area contributed by atoms with Gasteiger partial charge in [0.2, 0.25) is 0 Å². The van der Waals surface area contributed by atoms with Crippen LogP contribution in [0.2, 0.25) is 18.1 Å². The zero-order chi connectivity index (χ0) is 54.3. The molecule has 2 aliphatic rings. The molecule has 0 spiro atoms. The summed E-state index contributed by atoms with van der Waals surface area (Å²) in [6.45, 7) is 2.92. The number of aromatic nitrogens is 4. The maximum atomic E-state index is 14.4. The summed E-state index contributed by atoms with van der Waals surface area (Å²) in [5.74, 6) is 0. The van der Waals surface area contributed by atoms with Crippen molar-refractivity contribution in [3.63, 3.8) is 0 Å². The zero-order valence-electron chi connectivity index (χ0n) is 42.4. The van der Waals surface area contributed by atoms with Crippen molar-refractivity contribution in [3.8, 4) is 0 Å². The Morgan fingerprint density at radius 2 is 1.13 bits per heavy atom. The smallest absolute Gasteiger partial charge is 0.408 e. The maximum absolute atomic E-state index is 14.4. The Bertz CT molecular complexity index is 2990. The van der Waals surface area contributed by atoms with Gasteiger partial charge in [0.25, 0.3) is 11.1 Å². The number of aliphatic hydroxyl groups excluding tert-OH is 1. The average Bonchev–Trinajstić information content (AvgIpc) is 3.90. The number of methoxy groups -OCH3 is 2. The monoisotopic (exact) mass is 1110 g/mol. The second-order valence-electron chi connectivity index (χ2n) is 19.3. The van der Waals surface area contributed by atoms with Crippen molar-refractivity contribution in [1.29, 1.82) is 0 Å². The summed E-state index contributed by atoms with van der Waals surface area (Å²) in [6.07, 6.45) is -12.2. The van der Waals surface area contributed by atoms with E-state index in [2.05, 4.69) is 0 Å². The Morgan fingerprint density at radius 1 is 0.653 bits per heavy atom. The quantitative estimate of drug-likeness (QED) is 0.0552. The molecule has 0 bridgehead atoms. The normalized spacial score (nSPS) is 23.1. The molecule has 2 aromatic heterocycles. The molecule has 3 aromatic carbocycles. The van der Waals surface area contributed by atoms with Crippen LogP contribution in [0.4, 0.5) is 13.2 Å². The molecule has 0 radical (unpaired) electrons. The number of rotatable bonds is 23. The van der Waals surface area contributed by atoms with Gasteiger partial charge in [0.15, 0.2) is 20.8 Å². The fraction of sp³-hybridized carbons (Fsp3) is 0.480. The second-order valence-corrected chi connectivity index (χ2v) is 27.0. The van der Waals surface area contributed by atoms with Gasteiger partial charge in [-0.05, 0) is 52.7 Å². The Kier molecular flexibility index (Phi) is 19.1. The highest BCUT2D eigenvalue weighted by atomic mass is 32.5. The number of alkyl halides is 3. The van der Waals surface area contributed by atoms with Crippen molar-refractivity contribution in [2.45, 2.75) is 127 Å². The van der Waals surface area contributed by atoms with E-state index >= 15 is 0 Å². The van der Waals surface area contributed by atoms with Crippen LogP contribution in [-0.2, 0) is 97.7 Å². The molecule has 1 N–H and O–H groups in total. The van der Waals surface area contributed by atoms with Gasteiger partial charge in [0, 0.05) is 38.7 Å². The first-order chi connectivity index (χ1) is 35.6. The highest BCUT2D eigenvalue weighted by molar-refractivity contribution is 8.07. The molecule has 1 unspecified atom stereocenters. The largest absolute Gasteiger partial charge is 0.416 e. The molecule has 2 aliphatic heterocycles. The van der Waals surface area contributed by atoms with E-state index in [1.807, 2.05) is 94.5 Å². The third-order valence-electron chi connectivity index (χ3n) is 13.3. The van der Waals surface area contributed by atoms with Crippen LogP contribution in [0.1, 0.15) is 55.5 Å². The Balaban J connectivity index is 1.21. The molecule has 2 saturated heterocycles. The molecule has 19 nitrogen and oxygen atoms in total. The number of aliphatic hydroxyl groups is 1. The van der Waals surface area contributed by atoms with Crippen LogP contribution in [0.15, 0.2) is 129 Å². The SMILES string of the molecule is CO[C@@H]1[C@H](O[Si](C)(C)C(C)(C)C)[C@@H](COP(=S)(OCc2ccccc2C(F)(F)F)O[C@H]2[C@@H](OC)[C@H](n3ccc(=O)n(COCc4ccccc4)c3=O)O[C@@H]2CO)O[C@H]1n1ccc(=O)n(COCc2ccccc2)c1=O. The predicted octanol–water partition coefficient (Wildman–Crippen LogP) is 6.45. The summed E-state index contributed by atoms with van der Waals surface area (Å²) in [5.41, 5.74) is -2.68. The van der Waals surface area contributed by atoms with Gasteiger partial charge in [0.05, 0.1) is 38.6 Å². The van der Waals surface area contributed by atoms with Gasteiger partial charge in [-0.2, -0.15) is 13.2 Å². The van der Waals surface area contributed by atoms with E-state index in [9.17, 15) is 37.5 Å². The minimum atomic E-state index is -4.79. The van der Waals surface area contributed by atoms with Crippen LogP contribution >= 0.6 is 6.72 Å². The highest BCUT2D eigenvalue weighted by Crippen LogP contribution is 2.55. The van der Waals surface area contributed by atoms with Crippen LogP contribution in [-0.4, -0.2) is 95.7 Å². The fourth-order valence-electron chi connectivity index (χ4n) is 8.26. The van der Waals surface area contributed by atoms with E-state index in [0.717, 1.165) is 37.0 Å². The molecule has 0 saturated carbocycles. The summed E-state index contributed by atoms with van der Waals surface area (Å²) in [7, 11) is -0.0876. The van der Waals surface area contributed by atoms with Gasteiger partial charge in [-0.3, -0.25) is 23.2 Å². The Hall–Kier alpha value is -4.76. The minimum Gasteiger partial charge on any atom is -0.408 e. The van der Waals surface area contributed by atoms with E-state index in [1.54, 1.807) is 0 Å². The van der Waals surface area contributed by atoms with Crippen molar-refractivity contribution in [3.05, 3.63) is 173 Å². The number of ether oxygens (including phenoxy) is 6. The molecular formula is C50H62F3N4O15PSSi. The lowest BCUT2D eigenvalue weighted by Gasteiger charge is -2.40. The van der Waals surface area contributed by atoms with E-state index in [-0.39, 0.29) is 23.8 Å². The van der Waals surface area contributed by atoms with Crippen molar-refractivity contribution >= 4 is 26.8 Å². The van der Waals surface area contributed by atoms with Crippen LogP contribution in [0.5, 0.6) is 0 Å². The minimum absolute atomic E-state index is 0.0860. The lowest BCUT2D eigenvalue weighted by molar-refractivity contribution is -0.138. The summed E-state index contributed by atoms with van der Waals surface area (Å²) in [6, 6.07) is 25.3. The van der Waals surface area contributed by atoms with Crippen molar-refractivity contribution in [1.82, 2.24) is 18.3 Å². The number of hydrogen-bond donors (Lipinski definition) is 1. The van der Waals surface area contributed by atoms with Crippen molar-refractivity contribution < 1.29 is 64.7 Å². The van der Waals surface area contributed by atoms with E-state index < -0.39 is 132 Å². The van der Waals surface area contributed by atoms with Crippen molar-refractivity contribution in [2.75, 3.05) is 27.4 Å². The molecule has 25 heteroatoms. The van der Waals surface area contributed by atoms with Gasteiger partial charge in [0.1, 0.15) is 50.1 Å². The molecular weight excluding hydrogens is 1040 g/mol. The second kappa shape index (κ2) is 24.7. The van der Waals surface area contributed by atoms with Crippen LogP contribution in [0.25, 0.3) is 0 Å². The number of halogens is 3. The van der Waals surface area contributed by atoms with Gasteiger partial charge in [-0.15, -0.1) is 0 Å². The highest BCUT2D eigenvalue weighted by Gasteiger charge is 2.54. The van der Waals surface area contributed by atoms with Crippen LogP contribution in [0.3, 0.4) is 0 Å². The average molecular weight is 1110 g/mol. The van der Waals surface area contributed by atoms with Crippen molar-refractivity contribution in [2.24, 2.45) is 0 Å². The third-order valence-corrected chi connectivity index (χ3v) is 20.1. The summed E-state index contributed by atoms with van der Waals surface area (Å²) < 4.78 is 109. The lowest BCUT2D eigenvalue weighted by atomic mass is 10.1. The molecule has 75 heavy (non-hydrogen) atoms. The van der Waals surface area contributed by atoms with E-state index in [1.165, 1.54) is 55.4 Å². The maximum Gasteiger partial charge on any atom is 0.416 e. The van der Waals surface area contributed by atoms with Gasteiger partial charge >= 0.3 is 24.3 Å². The Labute approximate surface area is 436 Å². The molecule has 408 valence electrons. The fourth-order valence-corrected chi connectivity index (χ4v) is 11.6. The summed E-state index contributed by atoms with van der Waals surface area (Å²) in [4.78, 5) is 54.3. The molecule has 4 heterocycles. The molecule has 0 aliphatic carbocycles. The van der Waals surface area contributed by atoms with Crippen LogP contribution in [0, 0.1) is 0 Å². The number of benzene rings is 3. The summed E-state index contributed by atoms with van der Waals surface area (Å²) >= 11 is 6.05. The standard InChI is InChI=1S/C50H62F3N4O15PSSi/c1-49(2,3)75(6,7)72-42-38(70-46(44(42)64-5)55-25-23-40(60)57(48(55)62)32-66-28-34-18-12-9-13-19-34)30-68-73(74,67-29-35-20-14-15-21-36(35)50(51,52)53)71-41-37(26-58)69-45(43(41)63-4)54-24-22-39(59)56(47(54)61)31-65-27-33-16-10-8-11-17-33/h8-25,37-38,41-46,58H,26-32H2,1-7H3/t37-,38-,41-,42-,43-,44-,45-,46-,73?/m1/s1. The van der Waals surface area contributed by atoms with Gasteiger partial charge < -0.3 is 47.0 Å². The molecule has 0 amide bonds. The lowest BCUT2D eigenvalue weighted by Crippen LogP contribution is -2.50. The predicted molar refractivity (Wildman–Crippen MR) is 272 cm³/mol. The first-order valence-electron chi connectivity index (χ1n) is 23.8. The zero-order valence-corrected chi connectivity index (χ0v) is 45.1.